The Morgan fingerprint density at radius 3 is 2.86 bits per heavy atom. The number of carbonyl (C=O) groups is 2. The van der Waals surface area contributed by atoms with Gasteiger partial charge in [0.15, 0.2) is 12.1 Å². The van der Waals surface area contributed by atoms with Crippen LogP contribution in [0.4, 0.5) is 0 Å². The molecule has 0 amide bonds. The molecule has 3 nitrogen and oxygen atoms in total. The first-order chi connectivity index (χ1) is 6.63. The van der Waals surface area contributed by atoms with Crippen molar-refractivity contribution in [3.05, 3.63) is 22.7 Å². The maximum atomic E-state index is 11.1. The average Bonchev–Trinajstić information content (AvgIpc) is 2.66. The van der Waals surface area contributed by atoms with Crippen molar-refractivity contribution < 1.29 is 9.59 Å². The average molecular weight is 207 g/mol. The van der Waals surface area contributed by atoms with Gasteiger partial charge in [0.2, 0.25) is 0 Å². The fraction of sp³-hybridized carbons (Fsp3) is 0.200. The topological polar surface area (TPSA) is 39.1 Å². The van der Waals surface area contributed by atoms with Gasteiger partial charge in [0.25, 0.3) is 0 Å². The van der Waals surface area contributed by atoms with Gasteiger partial charge in [-0.3, -0.25) is 9.59 Å². The molecule has 0 aromatic carbocycles. The number of thiophene rings is 1. The van der Waals surface area contributed by atoms with Gasteiger partial charge >= 0.3 is 0 Å². The number of carbonyl (C=O) groups excluding carboxylic acids is 2. The van der Waals surface area contributed by atoms with E-state index >= 15 is 0 Å². The van der Waals surface area contributed by atoms with Crippen LogP contribution in [0.15, 0.2) is 12.3 Å². The van der Waals surface area contributed by atoms with E-state index in [4.69, 9.17) is 0 Å². The third kappa shape index (κ3) is 1.19. The van der Waals surface area contributed by atoms with E-state index in [0.29, 0.717) is 10.4 Å². The molecule has 0 unspecified atom stereocenters. The Hall–Kier alpha value is -1.42. The van der Waals surface area contributed by atoms with E-state index in [1.54, 1.807) is 12.3 Å². The minimum Gasteiger partial charge on any atom is -0.342 e. The third-order valence-electron chi connectivity index (χ3n) is 2.15. The number of aryl methyl sites for hydroxylation is 1. The fourth-order valence-corrected chi connectivity index (χ4v) is 2.47. The number of aromatic nitrogens is 1. The second kappa shape index (κ2) is 3.06. The number of hydrogen-bond acceptors (Lipinski definition) is 3. The molecule has 4 heteroatoms. The highest BCUT2D eigenvalue weighted by Crippen LogP contribution is 2.28. The zero-order valence-electron chi connectivity index (χ0n) is 7.90. The summed E-state index contributed by atoms with van der Waals surface area (Å²) in [7, 11) is 1.87. The number of nitrogens with zero attached hydrogens (tertiary/aromatic N) is 1. The predicted molar refractivity (Wildman–Crippen MR) is 56.2 cm³/mol. The van der Waals surface area contributed by atoms with E-state index in [-0.39, 0.29) is 5.78 Å². The van der Waals surface area contributed by atoms with Crippen LogP contribution < -0.4 is 0 Å². The Morgan fingerprint density at radius 1 is 1.57 bits per heavy atom. The second-order valence-corrected chi connectivity index (χ2v) is 4.23. The molecule has 0 aliphatic heterocycles. The molecule has 0 atom stereocenters. The van der Waals surface area contributed by atoms with Gasteiger partial charge in [0.1, 0.15) is 4.83 Å². The Bertz CT molecular complexity index is 521. The van der Waals surface area contributed by atoms with Gasteiger partial charge in [-0.05, 0) is 13.0 Å². The van der Waals surface area contributed by atoms with Crippen LogP contribution in [0.1, 0.15) is 27.0 Å². The van der Waals surface area contributed by atoms with E-state index in [1.807, 2.05) is 11.6 Å². The molecular weight excluding hydrogens is 198 g/mol. The van der Waals surface area contributed by atoms with Crippen molar-refractivity contribution in [2.45, 2.75) is 6.92 Å². The highest BCUT2D eigenvalue weighted by atomic mass is 32.1. The molecule has 2 aromatic rings. The highest BCUT2D eigenvalue weighted by molar-refractivity contribution is 7.20. The number of ketones is 1. The Labute approximate surface area is 85.0 Å². The lowest BCUT2D eigenvalue weighted by atomic mass is 10.2. The molecule has 0 aliphatic carbocycles. The van der Waals surface area contributed by atoms with E-state index in [9.17, 15) is 9.59 Å². The van der Waals surface area contributed by atoms with Crippen molar-refractivity contribution in [2.24, 2.45) is 7.05 Å². The van der Waals surface area contributed by atoms with Crippen molar-refractivity contribution in [1.29, 1.82) is 0 Å². The number of hydrogen-bond donors (Lipinski definition) is 0. The Kier molecular flexibility index (Phi) is 2.00. The molecule has 0 spiro atoms. The van der Waals surface area contributed by atoms with E-state index < -0.39 is 0 Å². The Balaban J connectivity index is 2.76. The normalized spacial score (nSPS) is 10.7. The summed E-state index contributed by atoms with van der Waals surface area (Å²) in [6.45, 7) is 1.53. The number of fused-ring (bicyclic) bond motifs is 1. The summed E-state index contributed by atoms with van der Waals surface area (Å²) < 4.78 is 1.87. The lowest BCUT2D eigenvalue weighted by molar-refractivity contribution is 0.102. The minimum atomic E-state index is 0.0445. The maximum Gasteiger partial charge on any atom is 0.169 e. The number of rotatable bonds is 2. The van der Waals surface area contributed by atoms with Gasteiger partial charge in [0.05, 0.1) is 4.88 Å². The highest BCUT2D eigenvalue weighted by Gasteiger charge is 2.12. The lowest BCUT2D eigenvalue weighted by Gasteiger charge is -1.88. The lowest BCUT2D eigenvalue weighted by Crippen LogP contribution is -1.85. The summed E-state index contributed by atoms with van der Waals surface area (Å²) in [5.74, 6) is 0.0445. The van der Waals surface area contributed by atoms with E-state index in [0.717, 1.165) is 16.5 Å². The molecule has 2 rings (SSSR count). The number of Topliss-reactive ketones (excluding diaryl/α,β-unsaturated/α-hetero) is 1. The van der Waals surface area contributed by atoms with E-state index in [2.05, 4.69) is 0 Å². The molecule has 0 aliphatic rings. The molecule has 0 saturated carbocycles. The molecule has 0 fully saturated rings. The summed E-state index contributed by atoms with van der Waals surface area (Å²) >= 11 is 1.42. The molecule has 72 valence electrons. The fourth-order valence-electron chi connectivity index (χ4n) is 1.45. The summed E-state index contributed by atoms with van der Waals surface area (Å²) in [6, 6.07) is 1.78. The van der Waals surface area contributed by atoms with Crippen LogP contribution in [-0.2, 0) is 7.05 Å². The largest absolute Gasteiger partial charge is 0.342 e. The second-order valence-electron chi connectivity index (χ2n) is 3.20. The first-order valence-electron chi connectivity index (χ1n) is 4.18. The third-order valence-corrected chi connectivity index (χ3v) is 3.48. The molecule has 0 saturated heterocycles. The molecule has 14 heavy (non-hydrogen) atoms. The predicted octanol–water partition coefficient (Wildman–Crippen LogP) is 2.25. The van der Waals surface area contributed by atoms with Gasteiger partial charge in [-0.15, -0.1) is 11.3 Å². The van der Waals surface area contributed by atoms with Gasteiger partial charge in [-0.25, -0.2) is 0 Å². The van der Waals surface area contributed by atoms with Crippen LogP contribution in [-0.4, -0.2) is 16.6 Å². The first kappa shape index (κ1) is 9.15. The zero-order chi connectivity index (χ0) is 10.3. The van der Waals surface area contributed by atoms with Crippen molar-refractivity contribution in [3.63, 3.8) is 0 Å². The van der Waals surface area contributed by atoms with Crippen LogP contribution in [0.3, 0.4) is 0 Å². The zero-order valence-corrected chi connectivity index (χ0v) is 8.72. The maximum absolute atomic E-state index is 11.1. The summed E-state index contributed by atoms with van der Waals surface area (Å²) in [5, 5.41) is 0.873. The molecule has 0 radical (unpaired) electrons. The van der Waals surface area contributed by atoms with Crippen LogP contribution in [0, 0.1) is 0 Å². The van der Waals surface area contributed by atoms with Crippen LogP contribution >= 0.6 is 11.3 Å². The van der Waals surface area contributed by atoms with Crippen molar-refractivity contribution in [2.75, 3.05) is 0 Å². The van der Waals surface area contributed by atoms with Gasteiger partial charge in [0, 0.05) is 24.2 Å². The molecule has 0 bridgehead atoms. The van der Waals surface area contributed by atoms with Crippen LogP contribution in [0.25, 0.3) is 10.2 Å². The number of aldehydes is 1. The smallest absolute Gasteiger partial charge is 0.169 e. The van der Waals surface area contributed by atoms with Gasteiger partial charge in [-0.2, -0.15) is 0 Å². The van der Waals surface area contributed by atoms with Crippen LogP contribution in [0.5, 0.6) is 0 Å². The van der Waals surface area contributed by atoms with Crippen molar-refractivity contribution in [1.82, 2.24) is 4.57 Å². The SMILES string of the molecule is CC(=O)c1cc2c(C=O)cn(C)c2s1. The summed E-state index contributed by atoms with van der Waals surface area (Å²) in [6.07, 6.45) is 2.59. The standard InChI is InChI=1S/C10H9NO2S/c1-6(13)9-3-8-7(5-12)4-11(2)10(8)14-9/h3-5H,1-2H3. The van der Waals surface area contributed by atoms with Crippen molar-refractivity contribution >= 4 is 33.6 Å². The molecule has 2 aromatic heterocycles. The Morgan fingerprint density at radius 2 is 2.29 bits per heavy atom. The van der Waals surface area contributed by atoms with Gasteiger partial charge < -0.3 is 4.57 Å². The first-order valence-corrected chi connectivity index (χ1v) is 5.00. The quantitative estimate of drug-likeness (QED) is 0.559. The molecule has 0 N–H and O–H groups in total. The van der Waals surface area contributed by atoms with Crippen LogP contribution in [0.2, 0.25) is 0 Å². The van der Waals surface area contributed by atoms with E-state index in [1.165, 1.54) is 18.3 Å². The monoisotopic (exact) mass is 207 g/mol. The van der Waals surface area contributed by atoms with Gasteiger partial charge in [-0.1, -0.05) is 0 Å². The summed E-state index contributed by atoms with van der Waals surface area (Å²) in [5.41, 5.74) is 0.645. The minimum absolute atomic E-state index is 0.0445. The molecule has 2 heterocycles. The summed E-state index contributed by atoms with van der Waals surface area (Å²) in [4.78, 5) is 23.5. The molecular formula is C10H9NO2S. The van der Waals surface area contributed by atoms with Crippen molar-refractivity contribution in [3.8, 4) is 0 Å².